The molecule has 2 aromatic rings. The minimum Gasteiger partial charge on any atom is -0.489 e. The van der Waals surface area contributed by atoms with E-state index < -0.39 is 0 Å². The average molecular weight is 359 g/mol. The number of hydrogen-bond acceptors (Lipinski definition) is 3. The van der Waals surface area contributed by atoms with Crippen molar-refractivity contribution in [3.8, 4) is 5.75 Å². The van der Waals surface area contributed by atoms with Crippen LogP contribution in [0.2, 0.25) is 5.02 Å². The van der Waals surface area contributed by atoms with Gasteiger partial charge in [0.05, 0.1) is 0 Å². The maximum absolute atomic E-state index is 12.3. The minimum atomic E-state index is -0.0529. The first kappa shape index (κ1) is 17.8. The molecule has 1 aliphatic heterocycles. The van der Waals surface area contributed by atoms with Gasteiger partial charge < -0.3 is 15.4 Å². The quantitative estimate of drug-likeness (QED) is 0.794. The van der Waals surface area contributed by atoms with Crippen LogP contribution in [-0.4, -0.2) is 25.5 Å². The first-order valence-electron chi connectivity index (χ1n) is 8.67. The van der Waals surface area contributed by atoms with Gasteiger partial charge in [-0.1, -0.05) is 29.8 Å². The summed E-state index contributed by atoms with van der Waals surface area (Å²) in [6, 6.07) is 14.8. The van der Waals surface area contributed by atoms with E-state index in [2.05, 4.69) is 10.6 Å². The van der Waals surface area contributed by atoms with Gasteiger partial charge in [-0.05, 0) is 67.7 Å². The summed E-state index contributed by atoms with van der Waals surface area (Å²) in [5.41, 5.74) is 1.66. The molecule has 4 nitrogen and oxygen atoms in total. The SMILES string of the molecule is O=C(NCCC1CCNC1)c1cccc(OCc2ccc(Cl)cc2)c1. The largest absolute Gasteiger partial charge is 0.489 e. The van der Waals surface area contributed by atoms with E-state index >= 15 is 0 Å². The molecule has 0 radical (unpaired) electrons. The summed E-state index contributed by atoms with van der Waals surface area (Å²) in [5.74, 6) is 1.31. The van der Waals surface area contributed by atoms with Gasteiger partial charge in [-0.3, -0.25) is 4.79 Å². The Labute approximate surface area is 153 Å². The Morgan fingerprint density at radius 1 is 1.24 bits per heavy atom. The molecule has 0 bridgehead atoms. The summed E-state index contributed by atoms with van der Waals surface area (Å²) >= 11 is 5.88. The van der Waals surface area contributed by atoms with Gasteiger partial charge in [0.1, 0.15) is 12.4 Å². The van der Waals surface area contributed by atoms with Crippen molar-refractivity contribution in [1.82, 2.24) is 10.6 Å². The summed E-state index contributed by atoms with van der Waals surface area (Å²) < 4.78 is 5.78. The third-order valence-electron chi connectivity index (χ3n) is 4.42. The molecule has 5 heteroatoms. The van der Waals surface area contributed by atoms with Crippen molar-refractivity contribution in [2.24, 2.45) is 5.92 Å². The fraction of sp³-hybridized carbons (Fsp3) is 0.350. The third kappa shape index (κ3) is 5.48. The van der Waals surface area contributed by atoms with Crippen molar-refractivity contribution in [3.05, 3.63) is 64.7 Å². The molecule has 1 aliphatic rings. The normalized spacial score (nSPS) is 16.6. The number of amides is 1. The Morgan fingerprint density at radius 3 is 2.84 bits per heavy atom. The number of hydrogen-bond donors (Lipinski definition) is 2. The summed E-state index contributed by atoms with van der Waals surface area (Å²) in [7, 11) is 0. The van der Waals surface area contributed by atoms with Crippen LogP contribution in [-0.2, 0) is 6.61 Å². The number of halogens is 1. The van der Waals surface area contributed by atoms with Crippen molar-refractivity contribution < 1.29 is 9.53 Å². The molecule has 1 heterocycles. The smallest absolute Gasteiger partial charge is 0.251 e. The average Bonchev–Trinajstić information content (AvgIpc) is 3.15. The lowest BCUT2D eigenvalue weighted by molar-refractivity contribution is 0.0951. The number of nitrogens with one attached hydrogen (secondary N) is 2. The van der Waals surface area contributed by atoms with Gasteiger partial charge in [-0.15, -0.1) is 0 Å². The van der Waals surface area contributed by atoms with Crippen LogP contribution in [0.4, 0.5) is 0 Å². The zero-order valence-corrected chi connectivity index (χ0v) is 14.9. The molecular weight excluding hydrogens is 336 g/mol. The maximum atomic E-state index is 12.3. The topological polar surface area (TPSA) is 50.4 Å². The highest BCUT2D eigenvalue weighted by molar-refractivity contribution is 6.30. The highest BCUT2D eigenvalue weighted by Crippen LogP contribution is 2.17. The van der Waals surface area contributed by atoms with Gasteiger partial charge >= 0.3 is 0 Å². The summed E-state index contributed by atoms with van der Waals surface area (Å²) in [6.45, 7) is 3.30. The Kier molecular flexibility index (Phi) is 6.31. The highest BCUT2D eigenvalue weighted by Gasteiger charge is 2.14. The molecule has 1 amide bonds. The van der Waals surface area contributed by atoms with Crippen molar-refractivity contribution >= 4 is 17.5 Å². The third-order valence-corrected chi connectivity index (χ3v) is 4.67. The molecule has 1 unspecified atom stereocenters. The molecule has 0 aromatic heterocycles. The van der Waals surface area contributed by atoms with Crippen LogP contribution in [0.25, 0.3) is 0 Å². The van der Waals surface area contributed by atoms with E-state index in [4.69, 9.17) is 16.3 Å². The van der Waals surface area contributed by atoms with Crippen molar-refractivity contribution in [1.29, 1.82) is 0 Å². The fourth-order valence-corrected chi connectivity index (χ4v) is 3.05. The first-order chi connectivity index (χ1) is 12.2. The lowest BCUT2D eigenvalue weighted by Crippen LogP contribution is -2.26. The van der Waals surface area contributed by atoms with E-state index in [0.717, 1.165) is 25.1 Å². The summed E-state index contributed by atoms with van der Waals surface area (Å²) in [6.07, 6.45) is 2.22. The van der Waals surface area contributed by atoms with E-state index in [1.807, 2.05) is 42.5 Å². The second-order valence-electron chi connectivity index (χ2n) is 6.35. The standard InChI is InChI=1S/C20H23ClN2O2/c21-18-6-4-16(5-7-18)14-25-19-3-1-2-17(12-19)20(24)23-11-9-15-8-10-22-13-15/h1-7,12,15,22H,8-11,13-14H2,(H,23,24). The van der Waals surface area contributed by atoms with E-state index in [1.165, 1.54) is 6.42 Å². The van der Waals surface area contributed by atoms with Crippen LogP contribution in [0.1, 0.15) is 28.8 Å². The van der Waals surface area contributed by atoms with Gasteiger partial charge in [0.2, 0.25) is 0 Å². The second-order valence-corrected chi connectivity index (χ2v) is 6.78. The molecule has 2 N–H and O–H groups in total. The lowest BCUT2D eigenvalue weighted by Gasteiger charge is -2.11. The summed E-state index contributed by atoms with van der Waals surface area (Å²) in [4.78, 5) is 12.3. The molecule has 3 rings (SSSR count). The van der Waals surface area contributed by atoms with Gasteiger partial charge in [0, 0.05) is 17.1 Å². The molecular formula is C20H23ClN2O2. The van der Waals surface area contributed by atoms with Crippen LogP contribution in [0, 0.1) is 5.92 Å². The Balaban J connectivity index is 1.49. The molecule has 0 spiro atoms. The van der Waals surface area contributed by atoms with Crippen molar-refractivity contribution in [3.63, 3.8) is 0 Å². The van der Waals surface area contributed by atoms with E-state index in [1.54, 1.807) is 6.07 Å². The first-order valence-corrected chi connectivity index (χ1v) is 9.05. The molecule has 0 saturated carbocycles. The molecule has 25 heavy (non-hydrogen) atoms. The Bertz CT molecular complexity index is 697. The number of rotatable bonds is 7. The van der Waals surface area contributed by atoms with Crippen LogP contribution in [0.3, 0.4) is 0 Å². The van der Waals surface area contributed by atoms with Gasteiger partial charge in [-0.25, -0.2) is 0 Å². The lowest BCUT2D eigenvalue weighted by atomic mass is 10.1. The number of carbonyl (C=O) groups is 1. The maximum Gasteiger partial charge on any atom is 0.251 e. The molecule has 1 atom stereocenters. The second kappa shape index (κ2) is 8.88. The molecule has 0 aliphatic carbocycles. The summed E-state index contributed by atoms with van der Waals surface area (Å²) in [5, 5.41) is 7.04. The zero-order chi connectivity index (χ0) is 17.5. The predicted molar refractivity (Wildman–Crippen MR) is 100 cm³/mol. The fourth-order valence-electron chi connectivity index (χ4n) is 2.93. The predicted octanol–water partition coefficient (Wildman–Crippen LogP) is 3.65. The zero-order valence-electron chi connectivity index (χ0n) is 14.1. The Hall–Kier alpha value is -2.04. The molecule has 2 aromatic carbocycles. The van der Waals surface area contributed by atoms with Crippen LogP contribution in [0.5, 0.6) is 5.75 Å². The monoisotopic (exact) mass is 358 g/mol. The van der Waals surface area contributed by atoms with Gasteiger partial charge in [0.15, 0.2) is 0 Å². The minimum absolute atomic E-state index is 0.0529. The van der Waals surface area contributed by atoms with Crippen LogP contribution < -0.4 is 15.4 Å². The molecule has 1 saturated heterocycles. The van der Waals surface area contributed by atoms with Gasteiger partial charge in [-0.2, -0.15) is 0 Å². The number of carbonyl (C=O) groups excluding carboxylic acids is 1. The van der Waals surface area contributed by atoms with Crippen molar-refractivity contribution in [2.45, 2.75) is 19.4 Å². The highest BCUT2D eigenvalue weighted by atomic mass is 35.5. The van der Waals surface area contributed by atoms with E-state index in [9.17, 15) is 4.79 Å². The Morgan fingerprint density at radius 2 is 2.08 bits per heavy atom. The van der Waals surface area contributed by atoms with Gasteiger partial charge in [0.25, 0.3) is 5.91 Å². The van der Waals surface area contributed by atoms with Crippen LogP contribution >= 0.6 is 11.6 Å². The molecule has 132 valence electrons. The number of benzene rings is 2. The van der Waals surface area contributed by atoms with E-state index in [0.29, 0.717) is 35.4 Å². The van der Waals surface area contributed by atoms with Crippen molar-refractivity contribution in [2.75, 3.05) is 19.6 Å². The molecule has 1 fully saturated rings. The van der Waals surface area contributed by atoms with Crippen LogP contribution in [0.15, 0.2) is 48.5 Å². The van der Waals surface area contributed by atoms with E-state index in [-0.39, 0.29) is 5.91 Å². The number of ether oxygens (including phenoxy) is 1.